The van der Waals surface area contributed by atoms with E-state index in [0.29, 0.717) is 25.4 Å². The summed E-state index contributed by atoms with van der Waals surface area (Å²) >= 11 is 0. The smallest absolute Gasteiger partial charge is 0.139 e. The number of aliphatic hydroxyl groups is 1. The zero-order chi connectivity index (χ0) is 14.8. The summed E-state index contributed by atoms with van der Waals surface area (Å²) in [6, 6.07) is 11.4. The minimum Gasteiger partial charge on any atom is -0.490 e. The van der Waals surface area contributed by atoms with Crippen LogP contribution in [0.3, 0.4) is 0 Å². The SMILES string of the molecule is OCCC#Cc1cncc(OCCOc2ccccc2)c1. The monoisotopic (exact) mass is 283 g/mol. The van der Waals surface area contributed by atoms with Gasteiger partial charge in [0.1, 0.15) is 24.7 Å². The largest absolute Gasteiger partial charge is 0.490 e. The van der Waals surface area contributed by atoms with E-state index in [0.717, 1.165) is 11.3 Å². The molecule has 0 bridgehead atoms. The molecule has 1 heterocycles. The highest BCUT2D eigenvalue weighted by Crippen LogP contribution is 2.11. The molecular weight excluding hydrogens is 266 g/mol. The first-order valence-electron chi connectivity index (χ1n) is 6.74. The van der Waals surface area contributed by atoms with Gasteiger partial charge < -0.3 is 14.6 Å². The Labute approximate surface area is 124 Å². The fourth-order valence-electron chi connectivity index (χ4n) is 1.62. The molecule has 21 heavy (non-hydrogen) atoms. The van der Waals surface area contributed by atoms with Crippen LogP contribution in [0.4, 0.5) is 0 Å². The topological polar surface area (TPSA) is 51.6 Å². The van der Waals surface area contributed by atoms with E-state index in [4.69, 9.17) is 14.6 Å². The summed E-state index contributed by atoms with van der Waals surface area (Å²) in [5.74, 6) is 7.24. The molecule has 0 atom stereocenters. The second-order valence-corrected chi connectivity index (χ2v) is 4.19. The second kappa shape index (κ2) is 8.62. The summed E-state index contributed by atoms with van der Waals surface area (Å²) in [6.45, 7) is 0.960. The molecule has 2 rings (SSSR count). The lowest BCUT2D eigenvalue weighted by Gasteiger charge is -2.08. The lowest BCUT2D eigenvalue weighted by atomic mass is 10.2. The van der Waals surface area contributed by atoms with E-state index in [1.54, 1.807) is 12.4 Å². The Hall–Kier alpha value is -2.51. The zero-order valence-corrected chi connectivity index (χ0v) is 11.7. The van der Waals surface area contributed by atoms with E-state index in [-0.39, 0.29) is 6.61 Å². The van der Waals surface area contributed by atoms with Crippen molar-refractivity contribution in [3.63, 3.8) is 0 Å². The van der Waals surface area contributed by atoms with Crippen LogP contribution in [0.25, 0.3) is 0 Å². The van der Waals surface area contributed by atoms with E-state index < -0.39 is 0 Å². The number of aromatic nitrogens is 1. The van der Waals surface area contributed by atoms with Gasteiger partial charge in [-0.15, -0.1) is 0 Å². The number of benzene rings is 1. The number of nitrogens with zero attached hydrogens (tertiary/aromatic N) is 1. The van der Waals surface area contributed by atoms with Gasteiger partial charge in [0.05, 0.1) is 12.8 Å². The quantitative estimate of drug-likeness (QED) is 0.652. The molecule has 0 spiro atoms. The maximum Gasteiger partial charge on any atom is 0.139 e. The Morgan fingerprint density at radius 1 is 1.00 bits per heavy atom. The highest BCUT2D eigenvalue weighted by molar-refractivity contribution is 5.36. The van der Waals surface area contributed by atoms with E-state index in [1.807, 2.05) is 36.4 Å². The van der Waals surface area contributed by atoms with Gasteiger partial charge >= 0.3 is 0 Å². The fraction of sp³-hybridized carbons (Fsp3) is 0.235. The Morgan fingerprint density at radius 2 is 1.76 bits per heavy atom. The van der Waals surface area contributed by atoms with Gasteiger partial charge in [-0.1, -0.05) is 30.0 Å². The third kappa shape index (κ3) is 5.55. The minimum atomic E-state index is 0.0629. The molecule has 1 aromatic heterocycles. The molecule has 0 fully saturated rings. The average molecular weight is 283 g/mol. The van der Waals surface area contributed by atoms with Gasteiger partial charge in [-0.2, -0.15) is 0 Å². The molecule has 0 saturated carbocycles. The fourth-order valence-corrected chi connectivity index (χ4v) is 1.62. The van der Waals surface area contributed by atoms with Crippen molar-refractivity contribution in [1.82, 2.24) is 4.98 Å². The van der Waals surface area contributed by atoms with Crippen LogP contribution in [-0.4, -0.2) is 29.9 Å². The zero-order valence-electron chi connectivity index (χ0n) is 11.7. The van der Waals surface area contributed by atoms with Crippen molar-refractivity contribution >= 4 is 0 Å². The Morgan fingerprint density at radius 3 is 2.52 bits per heavy atom. The molecule has 1 N–H and O–H groups in total. The van der Waals surface area contributed by atoms with Crippen LogP contribution < -0.4 is 9.47 Å². The third-order valence-electron chi connectivity index (χ3n) is 2.55. The normalized spacial score (nSPS) is 9.57. The molecule has 2 aromatic rings. The summed E-state index contributed by atoms with van der Waals surface area (Å²) in [4.78, 5) is 4.07. The van der Waals surface area contributed by atoms with Crippen LogP contribution in [0.2, 0.25) is 0 Å². The summed E-state index contributed by atoms with van der Waals surface area (Å²) in [6.07, 6.45) is 3.76. The lowest BCUT2D eigenvalue weighted by Crippen LogP contribution is -2.09. The minimum absolute atomic E-state index is 0.0629. The summed E-state index contributed by atoms with van der Waals surface area (Å²) in [7, 11) is 0. The van der Waals surface area contributed by atoms with Gasteiger partial charge in [0, 0.05) is 18.2 Å². The molecular formula is C17H17NO3. The molecule has 1 aromatic carbocycles. The molecule has 0 saturated heterocycles. The van der Waals surface area contributed by atoms with E-state index in [9.17, 15) is 0 Å². The average Bonchev–Trinajstić information content (AvgIpc) is 2.53. The van der Waals surface area contributed by atoms with Crippen LogP contribution in [-0.2, 0) is 0 Å². The molecule has 4 nitrogen and oxygen atoms in total. The number of hydrogen-bond acceptors (Lipinski definition) is 4. The molecule has 0 radical (unpaired) electrons. The number of para-hydroxylation sites is 1. The van der Waals surface area contributed by atoms with Gasteiger partial charge in [-0.3, -0.25) is 4.98 Å². The van der Waals surface area contributed by atoms with Crippen LogP contribution in [0.1, 0.15) is 12.0 Å². The first kappa shape index (κ1) is 14.9. The highest BCUT2D eigenvalue weighted by Gasteiger charge is 1.97. The van der Waals surface area contributed by atoms with Crippen molar-refractivity contribution in [2.24, 2.45) is 0 Å². The van der Waals surface area contributed by atoms with Gasteiger partial charge in [0.15, 0.2) is 0 Å². The van der Waals surface area contributed by atoms with Crippen LogP contribution in [0.5, 0.6) is 11.5 Å². The lowest BCUT2D eigenvalue weighted by molar-refractivity contribution is 0.216. The second-order valence-electron chi connectivity index (χ2n) is 4.19. The van der Waals surface area contributed by atoms with Gasteiger partial charge in [0.2, 0.25) is 0 Å². The first-order valence-corrected chi connectivity index (χ1v) is 6.74. The number of ether oxygens (including phenoxy) is 2. The van der Waals surface area contributed by atoms with Gasteiger partial charge in [-0.05, 0) is 18.2 Å². The maximum atomic E-state index is 8.68. The first-order chi connectivity index (χ1) is 10.4. The van der Waals surface area contributed by atoms with Crippen molar-refractivity contribution in [2.75, 3.05) is 19.8 Å². The van der Waals surface area contributed by atoms with E-state index in [2.05, 4.69) is 16.8 Å². The highest BCUT2D eigenvalue weighted by atomic mass is 16.5. The molecule has 0 aliphatic rings. The van der Waals surface area contributed by atoms with Crippen molar-refractivity contribution in [1.29, 1.82) is 0 Å². The van der Waals surface area contributed by atoms with E-state index in [1.165, 1.54) is 0 Å². The molecule has 0 amide bonds. The summed E-state index contributed by atoms with van der Waals surface area (Å²) in [5.41, 5.74) is 0.768. The Balaban J connectivity index is 1.78. The van der Waals surface area contributed by atoms with Crippen LogP contribution >= 0.6 is 0 Å². The van der Waals surface area contributed by atoms with Crippen LogP contribution in [0.15, 0.2) is 48.8 Å². The molecule has 4 heteroatoms. The Kier molecular flexibility index (Phi) is 6.11. The van der Waals surface area contributed by atoms with Crippen molar-refractivity contribution in [2.45, 2.75) is 6.42 Å². The van der Waals surface area contributed by atoms with Crippen molar-refractivity contribution in [3.8, 4) is 23.3 Å². The molecule has 0 aliphatic carbocycles. The number of hydrogen-bond donors (Lipinski definition) is 1. The predicted molar refractivity (Wildman–Crippen MR) is 80.2 cm³/mol. The summed E-state index contributed by atoms with van der Waals surface area (Å²) in [5, 5.41) is 8.68. The molecule has 108 valence electrons. The molecule has 0 unspecified atom stereocenters. The number of aliphatic hydroxyl groups excluding tert-OH is 1. The van der Waals surface area contributed by atoms with E-state index >= 15 is 0 Å². The van der Waals surface area contributed by atoms with Gasteiger partial charge in [-0.25, -0.2) is 0 Å². The maximum absolute atomic E-state index is 8.68. The van der Waals surface area contributed by atoms with Gasteiger partial charge in [0.25, 0.3) is 0 Å². The number of pyridine rings is 1. The third-order valence-corrected chi connectivity index (χ3v) is 2.55. The predicted octanol–water partition coefficient (Wildman–Crippen LogP) is 2.27. The van der Waals surface area contributed by atoms with Crippen molar-refractivity contribution in [3.05, 3.63) is 54.4 Å². The standard InChI is InChI=1S/C17H17NO3/c19-9-5-4-6-15-12-17(14-18-13-15)21-11-10-20-16-7-2-1-3-8-16/h1-3,7-8,12-14,19H,5,9-11H2. The number of rotatable bonds is 6. The van der Waals surface area contributed by atoms with Crippen LogP contribution in [0, 0.1) is 11.8 Å². The molecule has 0 aliphatic heterocycles. The summed E-state index contributed by atoms with van der Waals surface area (Å²) < 4.78 is 11.1. The van der Waals surface area contributed by atoms with Crippen molar-refractivity contribution < 1.29 is 14.6 Å². The Bertz CT molecular complexity index is 602.